The minimum atomic E-state index is -1.49. The maximum Gasteiger partial charge on any atom is 0.186 e. The molecule has 0 amide bonds. The molecule has 9 nitrogen and oxygen atoms in total. The standard InChI is InChI=1S/C21H43NO8/c1-2-3-4-5-6-7-8-9-11-28-12-10-22-13-16(24)15-29-21-20(27)19(26)18(25)17(14-23)30-21/h16-27H,2-15H2,1H3/t16?,17-,18+,19+,20-,21-/m1/s1. The second kappa shape index (κ2) is 17.2. The Morgan fingerprint density at radius 1 is 0.900 bits per heavy atom. The van der Waals surface area contributed by atoms with Crippen LogP contribution in [0.2, 0.25) is 0 Å². The fraction of sp³-hybridized carbons (Fsp3) is 1.00. The summed E-state index contributed by atoms with van der Waals surface area (Å²) in [4.78, 5) is 0. The second-order valence-electron chi connectivity index (χ2n) is 7.98. The van der Waals surface area contributed by atoms with Crippen molar-refractivity contribution in [3.63, 3.8) is 0 Å². The van der Waals surface area contributed by atoms with Gasteiger partial charge in [-0.05, 0) is 6.42 Å². The molecule has 0 aromatic heterocycles. The molecule has 0 bridgehead atoms. The zero-order valence-corrected chi connectivity index (χ0v) is 18.3. The molecule has 1 heterocycles. The number of unbranched alkanes of at least 4 members (excludes halogenated alkanes) is 7. The van der Waals surface area contributed by atoms with Crippen LogP contribution < -0.4 is 5.32 Å². The number of aliphatic hydroxyl groups excluding tert-OH is 5. The lowest BCUT2D eigenvalue weighted by molar-refractivity contribution is -0.304. The van der Waals surface area contributed by atoms with Gasteiger partial charge in [-0.2, -0.15) is 0 Å². The maximum absolute atomic E-state index is 9.96. The third-order valence-corrected chi connectivity index (χ3v) is 5.25. The van der Waals surface area contributed by atoms with Gasteiger partial charge in [0, 0.05) is 19.7 Å². The highest BCUT2D eigenvalue weighted by atomic mass is 16.7. The third-order valence-electron chi connectivity index (χ3n) is 5.25. The first-order chi connectivity index (χ1) is 14.5. The van der Waals surface area contributed by atoms with E-state index in [0.29, 0.717) is 13.2 Å². The maximum atomic E-state index is 9.96. The highest BCUT2D eigenvalue weighted by Crippen LogP contribution is 2.21. The summed E-state index contributed by atoms with van der Waals surface area (Å²) in [6.45, 7) is 3.77. The van der Waals surface area contributed by atoms with E-state index >= 15 is 0 Å². The first-order valence-corrected chi connectivity index (χ1v) is 11.4. The predicted octanol–water partition coefficient (Wildman–Crippen LogP) is -0.0893. The molecular weight excluding hydrogens is 394 g/mol. The van der Waals surface area contributed by atoms with E-state index in [1.807, 2.05) is 0 Å². The lowest BCUT2D eigenvalue weighted by Gasteiger charge is -2.39. The third kappa shape index (κ3) is 11.3. The second-order valence-corrected chi connectivity index (χ2v) is 7.98. The van der Waals surface area contributed by atoms with Gasteiger partial charge in [0.05, 0.1) is 25.9 Å². The summed E-state index contributed by atoms with van der Waals surface area (Å²) in [5.41, 5.74) is 0. The molecule has 1 rings (SSSR count). The monoisotopic (exact) mass is 437 g/mol. The van der Waals surface area contributed by atoms with Gasteiger partial charge < -0.3 is 45.1 Å². The molecule has 180 valence electrons. The fourth-order valence-corrected chi connectivity index (χ4v) is 3.32. The topological polar surface area (TPSA) is 141 Å². The van der Waals surface area contributed by atoms with E-state index in [4.69, 9.17) is 19.3 Å². The first-order valence-electron chi connectivity index (χ1n) is 11.4. The summed E-state index contributed by atoms with van der Waals surface area (Å²) in [7, 11) is 0. The van der Waals surface area contributed by atoms with Gasteiger partial charge in [-0.3, -0.25) is 0 Å². The van der Waals surface area contributed by atoms with E-state index in [1.165, 1.54) is 44.9 Å². The molecule has 1 saturated heterocycles. The summed E-state index contributed by atoms with van der Waals surface area (Å²) in [5.74, 6) is 0. The van der Waals surface area contributed by atoms with E-state index < -0.39 is 43.4 Å². The average Bonchev–Trinajstić information content (AvgIpc) is 2.75. The van der Waals surface area contributed by atoms with Crippen molar-refractivity contribution < 1.29 is 39.7 Å². The number of rotatable bonds is 18. The molecule has 0 aromatic carbocycles. The normalized spacial score (nSPS) is 28.0. The summed E-state index contributed by atoms with van der Waals surface area (Å²) in [5, 5.41) is 51.5. The van der Waals surface area contributed by atoms with Gasteiger partial charge >= 0.3 is 0 Å². The number of nitrogens with one attached hydrogen (secondary N) is 1. The first kappa shape index (κ1) is 27.7. The van der Waals surface area contributed by atoms with Crippen LogP contribution in [0.25, 0.3) is 0 Å². The lowest BCUT2D eigenvalue weighted by atomic mass is 9.99. The van der Waals surface area contributed by atoms with Crippen molar-refractivity contribution in [3.8, 4) is 0 Å². The minimum Gasteiger partial charge on any atom is -0.394 e. The highest BCUT2D eigenvalue weighted by Gasteiger charge is 2.44. The Labute approximate surface area is 180 Å². The Balaban J connectivity index is 1.97. The van der Waals surface area contributed by atoms with Gasteiger partial charge in [-0.25, -0.2) is 0 Å². The Morgan fingerprint density at radius 2 is 1.57 bits per heavy atom. The molecule has 1 fully saturated rings. The molecule has 0 aliphatic carbocycles. The van der Waals surface area contributed by atoms with E-state index in [9.17, 15) is 20.4 Å². The molecule has 1 aliphatic heterocycles. The van der Waals surface area contributed by atoms with Gasteiger partial charge in [0.2, 0.25) is 0 Å². The van der Waals surface area contributed by atoms with Crippen molar-refractivity contribution in [2.75, 3.05) is 39.5 Å². The van der Waals surface area contributed by atoms with Crippen molar-refractivity contribution >= 4 is 0 Å². The van der Waals surface area contributed by atoms with Crippen LogP contribution in [0.3, 0.4) is 0 Å². The van der Waals surface area contributed by atoms with Crippen LogP contribution in [0.15, 0.2) is 0 Å². The minimum absolute atomic E-state index is 0.130. The number of hydrogen-bond donors (Lipinski definition) is 6. The Kier molecular flexibility index (Phi) is 15.9. The number of aliphatic hydroxyl groups is 5. The molecule has 6 N–H and O–H groups in total. The zero-order valence-electron chi connectivity index (χ0n) is 18.3. The summed E-state index contributed by atoms with van der Waals surface area (Å²) in [6, 6.07) is 0. The van der Waals surface area contributed by atoms with Crippen molar-refractivity contribution in [1.29, 1.82) is 0 Å². The summed E-state index contributed by atoms with van der Waals surface area (Å²) >= 11 is 0. The van der Waals surface area contributed by atoms with E-state index in [-0.39, 0.29) is 13.2 Å². The molecule has 6 atom stereocenters. The Morgan fingerprint density at radius 3 is 2.23 bits per heavy atom. The zero-order chi connectivity index (χ0) is 22.2. The van der Waals surface area contributed by atoms with E-state index in [1.54, 1.807) is 0 Å². The van der Waals surface area contributed by atoms with Gasteiger partial charge in [0.15, 0.2) is 6.29 Å². The van der Waals surface area contributed by atoms with Crippen LogP contribution in [0.5, 0.6) is 0 Å². The average molecular weight is 438 g/mol. The van der Waals surface area contributed by atoms with Crippen LogP contribution in [0.4, 0.5) is 0 Å². The van der Waals surface area contributed by atoms with Crippen LogP contribution in [-0.2, 0) is 14.2 Å². The molecule has 0 aromatic rings. The van der Waals surface area contributed by atoms with Gasteiger partial charge in [0.1, 0.15) is 24.4 Å². The van der Waals surface area contributed by atoms with E-state index in [0.717, 1.165) is 13.0 Å². The van der Waals surface area contributed by atoms with Gasteiger partial charge in [0.25, 0.3) is 0 Å². The van der Waals surface area contributed by atoms with Crippen LogP contribution in [0, 0.1) is 0 Å². The largest absolute Gasteiger partial charge is 0.394 e. The smallest absolute Gasteiger partial charge is 0.186 e. The molecule has 1 unspecified atom stereocenters. The van der Waals surface area contributed by atoms with Crippen molar-refractivity contribution in [1.82, 2.24) is 5.32 Å². The number of hydrogen-bond acceptors (Lipinski definition) is 9. The lowest BCUT2D eigenvalue weighted by Crippen LogP contribution is -2.59. The quantitative estimate of drug-likeness (QED) is 0.162. The van der Waals surface area contributed by atoms with Crippen LogP contribution >= 0.6 is 0 Å². The SMILES string of the molecule is CCCCCCCCCCOCCNCC(O)CO[C@@H]1O[C@H](CO)[C@H](O)[C@H](O)[C@H]1O. The van der Waals surface area contributed by atoms with Gasteiger partial charge in [-0.15, -0.1) is 0 Å². The highest BCUT2D eigenvalue weighted by molar-refractivity contribution is 4.88. The van der Waals surface area contributed by atoms with Crippen molar-refractivity contribution in [2.45, 2.75) is 95.1 Å². The molecule has 0 radical (unpaired) electrons. The summed E-state index contributed by atoms with van der Waals surface area (Å²) in [6.07, 6.45) is 2.67. The molecule has 0 spiro atoms. The summed E-state index contributed by atoms with van der Waals surface area (Å²) < 4.78 is 16.1. The molecule has 0 saturated carbocycles. The van der Waals surface area contributed by atoms with Crippen molar-refractivity contribution in [2.24, 2.45) is 0 Å². The van der Waals surface area contributed by atoms with Crippen molar-refractivity contribution in [3.05, 3.63) is 0 Å². The molecular formula is C21H43NO8. The molecule has 30 heavy (non-hydrogen) atoms. The predicted molar refractivity (Wildman–Crippen MR) is 112 cm³/mol. The van der Waals surface area contributed by atoms with Gasteiger partial charge in [-0.1, -0.05) is 51.9 Å². The van der Waals surface area contributed by atoms with E-state index in [2.05, 4.69) is 12.2 Å². The van der Waals surface area contributed by atoms with Crippen LogP contribution in [0.1, 0.15) is 58.3 Å². The Bertz CT molecular complexity index is 401. The number of ether oxygens (including phenoxy) is 3. The van der Waals surface area contributed by atoms with Crippen LogP contribution in [-0.4, -0.2) is 102 Å². The molecule has 9 heteroatoms. The molecule has 1 aliphatic rings. The Hall–Kier alpha value is -0.360. The fourth-order valence-electron chi connectivity index (χ4n) is 3.32.